The first-order valence-electron chi connectivity index (χ1n) is 5.71. The van der Waals surface area contributed by atoms with Crippen molar-refractivity contribution >= 4 is 27.0 Å². The second-order valence-electron chi connectivity index (χ2n) is 4.29. The summed E-state index contributed by atoms with van der Waals surface area (Å²) in [6.45, 7) is 3.47. The van der Waals surface area contributed by atoms with Crippen molar-refractivity contribution < 1.29 is 13.5 Å². The summed E-state index contributed by atoms with van der Waals surface area (Å²) in [4.78, 5) is 0.582. The standard InChI is InChI=1S/C13H15NO3S2/c1-9-3-4-10(2)11(7-9)14-19(16,17)13-5-6-18-12(13)8-15/h3-7,14-15H,8H2,1-2H3. The number of anilines is 1. The fourth-order valence-corrected chi connectivity index (χ4v) is 4.15. The molecule has 6 heteroatoms. The molecule has 0 unspecified atom stereocenters. The van der Waals surface area contributed by atoms with Crippen molar-refractivity contribution in [3.05, 3.63) is 45.6 Å². The van der Waals surface area contributed by atoms with Gasteiger partial charge < -0.3 is 5.11 Å². The van der Waals surface area contributed by atoms with Crippen molar-refractivity contribution in [2.45, 2.75) is 25.3 Å². The SMILES string of the molecule is Cc1ccc(C)c(NS(=O)(=O)c2ccsc2CO)c1. The van der Waals surface area contributed by atoms with Crippen LogP contribution >= 0.6 is 11.3 Å². The molecule has 0 aliphatic heterocycles. The molecule has 0 saturated heterocycles. The summed E-state index contributed by atoms with van der Waals surface area (Å²) in [5, 5.41) is 10.8. The first kappa shape index (κ1) is 14.0. The molecule has 0 spiro atoms. The number of benzene rings is 1. The molecule has 0 fully saturated rings. The fraction of sp³-hybridized carbons (Fsp3) is 0.231. The molecule has 2 aromatic rings. The monoisotopic (exact) mass is 297 g/mol. The number of hydrogen-bond donors (Lipinski definition) is 2. The van der Waals surface area contributed by atoms with E-state index in [2.05, 4.69) is 4.72 Å². The molecule has 1 heterocycles. The quantitative estimate of drug-likeness (QED) is 0.911. The lowest BCUT2D eigenvalue weighted by Crippen LogP contribution is -2.14. The molecule has 0 amide bonds. The van der Waals surface area contributed by atoms with Gasteiger partial charge in [-0.25, -0.2) is 8.42 Å². The number of sulfonamides is 1. The maximum Gasteiger partial charge on any atom is 0.263 e. The largest absolute Gasteiger partial charge is 0.391 e. The third-order valence-electron chi connectivity index (χ3n) is 2.78. The van der Waals surface area contributed by atoms with Crippen LogP contribution in [0.25, 0.3) is 0 Å². The Labute approximate surface area is 116 Å². The van der Waals surface area contributed by atoms with Gasteiger partial charge in [0, 0.05) is 0 Å². The van der Waals surface area contributed by atoms with Crippen molar-refractivity contribution in [2.24, 2.45) is 0 Å². The van der Waals surface area contributed by atoms with Gasteiger partial charge in [0.15, 0.2) is 0 Å². The average Bonchev–Trinajstić information content (AvgIpc) is 2.82. The van der Waals surface area contributed by atoms with E-state index in [9.17, 15) is 8.42 Å². The van der Waals surface area contributed by atoms with Crippen LogP contribution in [0, 0.1) is 13.8 Å². The Morgan fingerprint density at radius 2 is 2.00 bits per heavy atom. The van der Waals surface area contributed by atoms with E-state index >= 15 is 0 Å². The van der Waals surface area contributed by atoms with Gasteiger partial charge in [-0.05, 0) is 42.5 Å². The second kappa shape index (κ2) is 5.32. The topological polar surface area (TPSA) is 66.4 Å². The van der Waals surface area contributed by atoms with Gasteiger partial charge in [-0.1, -0.05) is 12.1 Å². The molecule has 4 nitrogen and oxygen atoms in total. The van der Waals surface area contributed by atoms with E-state index in [1.165, 1.54) is 17.4 Å². The lowest BCUT2D eigenvalue weighted by Gasteiger charge is -2.11. The summed E-state index contributed by atoms with van der Waals surface area (Å²) in [6, 6.07) is 7.09. The molecule has 0 saturated carbocycles. The van der Waals surface area contributed by atoms with Crippen LogP contribution in [0.3, 0.4) is 0 Å². The Kier molecular flexibility index (Phi) is 3.93. The maximum absolute atomic E-state index is 12.3. The second-order valence-corrected chi connectivity index (χ2v) is 6.94. The molecule has 2 N–H and O–H groups in total. The summed E-state index contributed by atoms with van der Waals surface area (Å²) in [5.41, 5.74) is 2.40. The average molecular weight is 297 g/mol. The van der Waals surface area contributed by atoms with Gasteiger partial charge in [-0.15, -0.1) is 11.3 Å². The predicted molar refractivity (Wildman–Crippen MR) is 77.0 cm³/mol. The molecule has 0 radical (unpaired) electrons. The summed E-state index contributed by atoms with van der Waals surface area (Å²) in [6.07, 6.45) is 0. The van der Waals surface area contributed by atoms with Gasteiger partial charge in [0.25, 0.3) is 10.0 Å². The van der Waals surface area contributed by atoms with Crippen LogP contribution in [-0.4, -0.2) is 13.5 Å². The number of thiophene rings is 1. The van der Waals surface area contributed by atoms with E-state index in [1.807, 2.05) is 26.0 Å². The van der Waals surface area contributed by atoms with Crippen LogP contribution in [0.5, 0.6) is 0 Å². The molecule has 19 heavy (non-hydrogen) atoms. The van der Waals surface area contributed by atoms with Crippen LogP contribution in [0.2, 0.25) is 0 Å². The molecule has 0 bridgehead atoms. The van der Waals surface area contributed by atoms with Gasteiger partial charge >= 0.3 is 0 Å². The van der Waals surface area contributed by atoms with Crippen molar-refractivity contribution in [1.29, 1.82) is 0 Å². The van der Waals surface area contributed by atoms with Crippen LogP contribution < -0.4 is 4.72 Å². The molecule has 2 rings (SSSR count). The lowest BCUT2D eigenvalue weighted by molar-refractivity contribution is 0.282. The predicted octanol–water partition coefficient (Wildman–Crippen LogP) is 2.66. The highest BCUT2D eigenvalue weighted by Crippen LogP contribution is 2.26. The number of aryl methyl sites for hydroxylation is 2. The first-order chi connectivity index (χ1) is 8.94. The Morgan fingerprint density at radius 1 is 1.26 bits per heavy atom. The van der Waals surface area contributed by atoms with E-state index < -0.39 is 10.0 Å². The highest BCUT2D eigenvalue weighted by molar-refractivity contribution is 7.93. The first-order valence-corrected chi connectivity index (χ1v) is 8.07. The summed E-state index contributed by atoms with van der Waals surface area (Å²) < 4.78 is 27.2. The summed E-state index contributed by atoms with van der Waals surface area (Å²) >= 11 is 1.23. The molecule has 1 aromatic heterocycles. The van der Waals surface area contributed by atoms with E-state index in [0.29, 0.717) is 10.6 Å². The van der Waals surface area contributed by atoms with Crippen molar-refractivity contribution in [1.82, 2.24) is 0 Å². The van der Waals surface area contributed by atoms with Crippen LogP contribution in [0.1, 0.15) is 16.0 Å². The van der Waals surface area contributed by atoms with Gasteiger partial charge in [0.05, 0.1) is 17.2 Å². The minimum absolute atomic E-state index is 0.140. The third-order valence-corrected chi connectivity index (χ3v) is 5.26. The lowest BCUT2D eigenvalue weighted by atomic mass is 10.1. The van der Waals surface area contributed by atoms with Crippen molar-refractivity contribution in [3.63, 3.8) is 0 Å². The smallest absolute Gasteiger partial charge is 0.263 e. The zero-order chi connectivity index (χ0) is 14.0. The maximum atomic E-state index is 12.3. The van der Waals surface area contributed by atoms with Crippen LogP contribution in [0.4, 0.5) is 5.69 Å². The Hall–Kier alpha value is -1.37. The molecule has 0 aliphatic carbocycles. The van der Waals surface area contributed by atoms with Gasteiger partial charge in [0.1, 0.15) is 4.90 Å². The molecule has 102 valence electrons. The Balaban J connectivity index is 2.39. The minimum Gasteiger partial charge on any atom is -0.391 e. The highest BCUT2D eigenvalue weighted by atomic mass is 32.2. The van der Waals surface area contributed by atoms with E-state index in [0.717, 1.165) is 11.1 Å². The normalized spacial score (nSPS) is 11.5. The van der Waals surface area contributed by atoms with Crippen molar-refractivity contribution in [2.75, 3.05) is 4.72 Å². The summed E-state index contributed by atoms with van der Waals surface area (Å²) in [5.74, 6) is 0. The number of rotatable bonds is 4. The number of nitrogens with one attached hydrogen (secondary N) is 1. The zero-order valence-electron chi connectivity index (χ0n) is 10.7. The van der Waals surface area contributed by atoms with Crippen LogP contribution in [0.15, 0.2) is 34.5 Å². The molecule has 0 atom stereocenters. The van der Waals surface area contributed by atoms with Gasteiger partial charge in [0.2, 0.25) is 0 Å². The molecular formula is C13H15NO3S2. The highest BCUT2D eigenvalue weighted by Gasteiger charge is 2.20. The molecule has 1 aromatic carbocycles. The summed E-state index contributed by atoms with van der Waals surface area (Å²) in [7, 11) is -3.65. The van der Waals surface area contributed by atoms with E-state index in [1.54, 1.807) is 11.4 Å². The van der Waals surface area contributed by atoms with Crippen molar-refractivity contribution in [3.8, 4) is 0 Å². The van der Waals surface area contributed by atoms with E-state index in [4.69, 9.17) is 5.11 Å². The zero-order valence-corrected chi connectivity index (χ0v) is 12.3. The number of aliphatic hydroxyl groups is 1. The third kappa shape index (κ3) is 2.97. The Bertz CT molecular complexity index is 690. The van der Waals surface area contributed by atoms with E-state index in [-0.39, 0.29) is 11.5 Å². The Morgan fingerprint density at radius 3 is 2.68 bits per heavy atom. The molecular weight excluding hydrogens is 282 g/mol. The number of aliphatic hydroxyl groups excluding tert-OH is 1. The van der Waals surface area contributed by atoms with Gasteiger partial charge in [-0.3, -0.25) is 4.72 Å². The van der Waals surface area contributed by atoms with Gasteiger partial charge in [-0.2, -0.15) is 0 Å². The fourth-order valence-electron chi connectivity index (χ4n) is 1.73. The molecule has 0 aliphatic rings. The van der Waals surface area contributed by atoms with Crippen LogP contribution in [-0.2, 0) is 16.6 Å². The minimum atomic E-state index is -3.65. The number of hydrogen-bond acceptors (Lipinski definition) is 4.